The highest BCUT2D eigenvalue weighted by molar-refractivity contribution is 6.28. The summed E-state index contributed by atoms with van der Waals surface area (Å²) in [6.07, 6.45) is 2.98. The number of aryl methyl sites for hydroxylation is 2. The van der Waals surface area contributed by atoms with E-state index >= 15 is 0 Å². The van der Waals surface area contributed by atoms with Gasteiger partial charge in [-0.15, -0.1) is 0 Å². The number of rotatable bonds is 1. The van der Waals surface area contributed by atoms with E-state index in [-0.39, 0.29) is 5.41 Å². The molecule has 0 aliphatic heterocycles. The molecule has 0 fully saturated rings. The van der Waals surface area contributed by atoms with Gasteiger partial charge in [0.15, 0.2) is 11.2 Å². The largest absolute Gasteiger partial charge is 0.308 e. The number of pyridine rings is 1. The van der Waals surface area contributed by atoms with Crippen LogP contribution >= 0.6 is 0 Å². The van der Waals surface area contributed by atoms with Crippen molar-refractivity contribution in [2.75, 3.05) is 0 Å². The van der Waals surface area contributed by atoms with Crippen molar-refractivity contribution in [2.24, 2.45) is 12.5 Å². The number of benzene rings is 4. The minimum Gasteiger partial charge on any atom is -0.308 e. The second-order valence-electron chi connectivity index (χ2n) is 11.4. The number of aromatic nitrogens is 3. The fourth-order valence-electron chi connectivity index (χ4n) is 6.23. The van der Waals surface area contributed by atoms with Gasteiger partial charge >= 0.3 is 0 Å². The van der Waals surface area contributed by atoms with Crippen molar-refractivity contribution in [3.8, 4) is 0 Å². The molecule has 4 nitrogen and oxygen atoms in total. The van der Waals surface area contributed by atoms with E-state index < -0.39 is 0 Å². The van der Waals surface area contributed by atoms with Crippen LogP contribution in [-0.2, 0) is 13.5 Å². The normalized spacial score (nSPS) is 12.7. The Labute approximate surface area is 209 Å². The standard InChI is InChI=1S/C32H27N4/c1-18-23-13-19(16-32(2,3)4)7-8-20(23)14-27-28(18)31-29-25(34-17-35(31)6)11-10-22-24-15-21(33-5)9-12-26(24)36(27)30(22)29/h7-15,17H,16H2,1-4,6H3/q+1. The number of hydrogen-bond donors (Lipinski definition) is 0. The zero-order valence-corrected chi connectivity index (χ0v) is 21.3. The number of hydrogen-bond acceptors (Lipinski definition) is 1. The Balaban J connectivity index is 1.76. The fraction of sp³-hybridized carbons (Fsp3) is 0.219. The second-order valence-corrected chi connectivity index (χ2v) is 11.4. The first-order valence-electron chi connectivity index (χ1n) is 12.5. The van der Waals surface area contributed by atoms with Gasteiger partial charge in [0.05, 0.1) is 35.6 Å². The number of nitrogens with zero attached hydrogens (tertiary/aromatic N) is 4. The minimum atomic E-state index is 0.234. The van der Waals surface area contributed by atoms with Crippen molar-refractivity contribution in [2.45, 2.75) is 34.1 Å². The molecular weight excluding hydrogens is 440 g/mol. The molecule has 4 aromatic carbocycles. The molecule has 0 spiro atoms. The molecule has 0 aliphatic carbocycles. The van der Waals surface area contributed by atoms with Crippen LogP contribution in [0.3, 0.4) is 0 Å². The maximum atomic E-state index is 7.56. The average molecular weight is 468 g/mol. The van der Waals surface area contributed by atoms with E-state index in [1.165, 1.54) is 54.6 Å². The van der Waals surface area contributed by atoms with Gasteiger partial charge in [0.2, 0.25) is 0 Å². The Hall–Kier alpha value is -4.23. The Kier molecular flexibility index (Phi) is 4.05. The second kappa shape index (κ2) is 6.92. The lowest BCUT2D eigenvalue weighted by molar-refractivity contribution is -0.646. The number of fused-ring (bicyclic) bond motifs is 7. The molecule has 0 radical (unpaired) electrons. The lowest BCUT2D eigenvalue weighted by Crippen LogP contribution is -2.30. The van der Waals surface area contributed by atoms with E-state index in [0.717, 1.165) is 22.8 Å². The summed E-state index contributed by atoms with van der Waals surface area (Å²) in [5.74, 6) is 0. The molecule has 0 unspecified atom stereocenters. The Bertz CT molecular complexity index is 2080. The van der Waals surface area contributed by atoms with Gasteiger partial charge in [-0.25, -0.2) is 9.41 Å². The summed E-state index contributed by atoms with van der Waals surface area (Å²) >= 11 is 0. The van der Waals surface area contributed by atoms with Crippen LogP contribution in [0.5, 0.6) is 0 Å². The highest BCUT2D eigenvalue weighted by atomic mass is 15.0. The molecule has 3 heterocycles. The van der Waals surface area contributed by atoms with Crippen LogP contribution in [-0.4, -0.2) is 9.38 Å². The molecule has 0 bridgehead atoms. The first-order chi connectivity index (χ1) is 17.2. The van der Waals surface area contributed by atoms with Crippen LogP contribution in [0.2, 0.25) is 0 Å². The summed E-state index contributed by atoms with van der Waals surface area (Å²) < 4.78 is 4.57. The van der Waals surface area contributed by atoms with E-state index in [0.29, 0.717) is 5.69 Å². The van der Waals surface area contributed by atoms with Gasteiger partial charge < -0.3 is 4.40 Å². The van der Waals surface area contributed by atoms with Gasteiger partial charge in [-0.2, -0.15) is 0 Å². The predicted octanol–water partition coefficient (Wildman–Crippen LogP) is 7.81. The molecule has 174 valence electrons. The predicted molar refractivity (Wildman–Crippen MR) is 149 cm³/mol. The van der Waals surface area contributed by atoms with Crippen LogP contribution in [0.4, 0.5) is 5.69 Å². The van der Waals surface area contributed by atoms with Gasteiger partial charge in [-0.05, 0) is 81.4 Å². The molecular formula is C32H27N4+. The quantitative estimate of drug-likeness (QED) is 0.105. The summed E-state index contributed by atoms with van der Waals surface area (Å²) in [5.41, 5.74) is 9.28. The Morgan fingerprint density at radius 1 is 0.917 bits per heavy atom. The van der Waals surface area contributed by atoms with Crippen molar-refractivity contribution in [3.05, 3.63) is 83.5 Å². The third kappa shape index (κ3) is 2.74. The lowest BCUT2D eigenvalue weighted by Gasteiger charge is -2.19. The fourth-order valence-corrected chi connectivity index (χ4v) is 6.23. The summed E-state index contributed by atoms with van der Waals surface area (Å²) in [4.78, 5) is 8.50. The van der Waals surface area contributed by atoms with Crippen molar-refractivity contribution < 1.29 is 4.57 Å². The molecule has 0 N–H and O–H groups in total. The summed E-state index contributed by atoms with van der Waals surface area (Å²) in [6.45, 7) is 16.7. The van der Waals surface area contributed by atoms with Crippen LogP contribution < -0.4 is 4.57 Å². The van der Waals surface area contributed by atoms with Gasteiger partial charge in [0, 0.05) is 10.8 Å². The van der Waals surface area contributed by atoms with Crippen LogP contribution in [0.25, 0.3) is 64.7 Å². The third-order valence-corrected chi connectivity index (χ3v) is 7.64. The zero-order valence-electron chi connectivity index (χ0n) is 21.3. The van der Waals surface area contributed by atoms with E-state index in [2.05, 4.69) is 91.0 Å². The lowest BCUT2D eigenvalue weighted by atomic mass is 9.86. The molecule has 4 heteroatoms. The topological polar surface area (TPSA) is 25.5 Å². The Morgan fingerprint density at radius 3 is 2.53 bits per heavy atom. The summed E-state index contributed by atoms with van der Waals surface area (Å²) in [5, 5.41) is 7.29. The zero-order chi connectivity index (χ0) is 24.9. The molecule has 0 saturated heterocycles. The van der Waals surface area contributed by atoms with E-state index in [1.807, 2.05) is 18.5 Å². The smallest absolute Gasteiger partial charge is 0.287 e. The molecule has 7 rings (SSSR count). The maximum Gasteiger partial charge on any atom is 0.287 e. The highest BCUT2D eigenvalue weighted by Gasteiger charge is 2.25. The van der Waals surface area contributed by atoms with Crippen LogP contribution in [0.1, 0.15) is 31.9 Å². The molecule has 3 aromatic heterocycles. The maximum absolute atomic E-state index is 7.56. The first-order valence-corrected chi connectivity index (χ1v) is 12.5. The van der Waals surface area contributed by atoms with Crippen LogP contribution in [0.15, 0.2) is 60.9 Å². The van der Waals surface area contributed by atoms with Crippen molar-refractivity contribution >= 4 is 65.6 Å². The highest BCUT2D eigenvalue weighted by Crippen LogP contribution is 2.42. The molecule has 36 heavy (non-hydrogen) atoms. The molecule has 7 aromatic rings. The van der Waals surface area contributed by atoms with Gasteiger partial charge in [0.25, 0.3) is 6.33 Å². The first kappa shape index (κ1) is 21.1. The monoisotopic (exact) mass is 467 g/mol. The molecule has 0 aliphatic rings. The van der Waals surface area contributed by atoms with Gasteiger partial charge in [-0.3, -0.25) is 0 Å². The summed E-state index contributed by atoms with van der Waals surface area (Å²) in [6, 6.07) is 19.7. The average Bonchev–Trinajstić information content (AvgIpc) is 3.18. The third-order valence-electron chi connectivity index (χ3n) is 7.64. The van der Waals surface area contributed by atoms with E-state index in [9.17, 15) is 0 Å². The minimum absolute atomic E-state index is 0.234. The van der Waals surface area contributed by atoms with Gasteiger partial charge in [-0.1, -0.05) is 45.0 Å². The Morgan fingerprint density at radius 2 is 1.75 bits per heavy atom. The molecule has 0 saturated carbocycles. The SMILES string of the molecule is [C-]#[N+]c1ccc2c(c1)c1ccc3nc[n+](C)c4c5c(C)c6cc(CC(C)(C)C)ccc6cc5n2c1c34. The van der Waals surface area contributed by atoms with E-state index in [4.69, 9.17) is 11.6 Å². The van der Waals surface area contributed by atoms with Crippen LogP contribution in [0, 0.1) is 18.9 Å². The van der Waals surface area contributed by atoms with Gasteiger partial charge in [0.1, 0.15) is 5.52 Å². The van der Waals surface area contributed by atoms with E-state index in [1.54, 1.807) is 0 Å². The molecule has 0 amide bonds. The van der Waals surface area contributed by atoms with Crippen molar-refractivity contribution in [3.63, 3.8) is 0 Å². The summed E-state index contributed by atoms with van der Waals surface area (Å²) in [7, 11) is 2.10. The van der Waals surface area contributed by atoms with Crippen molar-refractivity contribution in [1.29, 1.82) is 0 Å². The van der Waals surface area contributed by atoms with Crippen molar-refractivity contribution in [1.82, 2.24) is 9.38 Å². The molecule has 0 atom stereocenters.